The summed E-state index contributed by atoms with van der Waals surface area (Å²) in [5, 5.41) is 10.3. The molecule has 24 heavy (non-hydrogen) atoms. The quantitative estimate of drug-likeness (QED) is 0.883. The van der Waals surface area contributed by atoms with Gasteiger partial charge in [0.1, 0.15) is 11.5 Å². The number of carbonyl (C=O) groups excluding carboxylic acids is 1. The summed E-state index contributed by atoms with van der Waals surface area (Å²) in [4.78, 5) is 14.7. The van der Waals surface area contributed by atoms with Crippen LogP contribution in [-0.2, 0) is 7.05 Å². The predicted molar refractivity (Wildman–Crippen MR) is 92.8 cm³/mol. The Morgan fingerprint density at radius 3 is 2.88 bits per heavy atom. The highest BCUT2D eigenvalue weighted by molar-refractivity contribution is 5.89. The highest BCUT2D eigenvalue weighted by Gasteiger charge is 2.20. The topological polar surface area (TPSA) is 75.3 Å². The molecule has 3 rings (SSSR count). The Balaban J connectivity index is 1.52. The molecule has 7 nitrogen and oxygen atoms in total. The van der Waals surface area contributed by atoms with Crippen molar-refractivity contribution in [1.82, 2.24) is 20.0 Å². The molecule has 0 spiro atoms. The van der Waals surface area contributed by atoms with Crippen LogP contribution < -0.4 is 10.6 Å². The molecule has 2 aromatic heterocycles. The number of furan rings is 1. The van der Waals surface area contributed by atoms with Gasteiger partial charge in [0.05, 0.1) is 6.26 Å². The Morgan fingerprint density at radius 2 is 2.21 bits per heavy atom. The van der Waals surface area contributed by atoms with Crippen molar-refractivity contribution in [3.8, 4) is 11.5 Å². The number of carbonyl (C=O) groups is 1. The van der Waals surface area contributed by atoms with Gasteiger partial charge >= 0.3 is 6.03 Å². The maximum atomic E-state index is 12.2. The van der Waals surface area contributed by atoms with E-state index in [1.165, 1.54) is 6.42 Å². The van der Waals surface area contributed by atoms with Crippen LogP contribution in [0, 0.1) is 0 Å². The Labute approximate surface area is 142 Å². The average Bonchev–Trinajstić information content (AvgIpc) is 3.20. The number of hydrogen-bond acceptors (Lipinski definition) is 4. The number of nitrogens with one attached hydrogen (secondary N) is 2. The first-order valence-electron chi connectivity index (χ1n) is 8.53. The summed E-state index contributed by atoms with van der Waals surface area (Å²) < 4.78 is 6.98. The summed E-state index contributed by atoms with van der Waals surface area (Å²) >= 11 is 0. The molecule has 0 aromatic carbocycles. The normalized spacial score (nSPS) is 16.2. The van der Waals surface area contributed by atoms with Crippen LogP contribution in [0.15, 0.2) is 28.9 Å². The van der Waals surface area contributed by atoms with E-state index in [4.69, 9.17) is 4.42 Å². The van der Waals surface area contributed by atoms with Gasteiger partial charge in [-0.15, -0.1) is 0 Å². The van der Waals surface area contributed by atoms with Gasteiger partial charge in [-0.25, -0.2) is 4.79 Å². The second-order valence-electron chi connectivity index (χ2n) is 6.23. The molecule has 7 heteroatoms. The van der Waals surface area contributed by atoms with Gasteiger partial charge in [0, 0.05) is 32.2 Å². The van der Waals surface area contributed by atoms with Crippen molar-refractivity contribution in [1.29, 1.82) is 0 Å². The smallest absolute Gasteiger partial charge is 0.320 e. The molecular weight excluding hydrogens is 306 g/mol. The van der Waals surface area contributed by atoms with Gasteiger partial charge in [0.2, 0.25) is 0 Å². The molecule has 0 unspecified atom stereocenters. The number of aryl methyl sites for hydroxylation is 1. The number of anilines is 1. The molecule has 3 heterocycles. The molecule has 1 aliphatic rings. The van der Waals surface area contributed by atoms with Crippen molar-refractivity contribution in [3.05, 3.63) is 24.5 Å². The highest BCUT2D eigenvalue weighted by atomic mass is 16.3. The van der Waals surface area contributed by atoms with Crippen LogP contribution in [0.4, 0.5) is 10.6 Å². The van der Waals surface area contributed by atoms with Gasteiger partial charge in [-0.2, -0.15) is 5.10 Å². The standard InChI is InChI=1S/C17H25N5O2/c1-3-8-22-9-6-13(7-10-22)18-17(23)19-16-12-14(20-21(16)2)15-5-4-11-24-15/h4-5,11-13H,3,6-10H2,1-2H3,(H2,18,19,23). The number of amides is 2. The van der Waals surface area contributed by atoms with Crippen LogP contribution in [-0.4, -0.2) is 46.4 Å². The first-order chi connectivity index (χ1) is 11.7. The second-order valence-corrected chi connectivity index (χ2v) is 6.23. The lowest BCUT2D eigenvalue weighted by atomic mass is 10.1. The van der Waals surface area contributed by atoms with E-state index in [1.54, 1.807) is 18.0 Å². The monoisotopic (exact) mass is 331 g/mol. The number of likely N-dealkylation sites (tertiary alicyclic amines) is 1. The van der Waals surface area contributed by atoms with E-state index in [2.05, 4.69) is 27.6 Å². The summed E-state index contributed by atoms with van der Waals surface area (Å²) in [7, 11) is 1.80. The molecule has 1 fully saturated rings. The number of nitrogens with zero attached hydrogens (tertiary/aromatic N) is 3. The van der Waals surface area contributed by atoms with E-state index in [0.717, 1.165) is 32.5 Å². The van der Waals surface area contributed by atoms with Gasteiger partial charge in [-0.05, 0) is 37.9 Å². The molecule has 1 aliphatic heterocycles. The third kappa shape index (κ3) is 3.97. The van der Waals surface area contributed by atoms with E-state index in [0.29, 0.717) is 17.3 Å². The third-order valence-corrected chi connectivity index (χ3v) is 4.36. The Morgan fingerprint density at radius 1 is 1.42 bits per heavy atom. The number of urea groups is 1. The fraction of sp³-hybridized carbons (Fsp3) is 0.529. The minimum Gasteiger partial charge on any atom is -0.463 e. The molecule has 2 N–H and O–H groups in total. The lowest BCUT2D eigenvalue weighted by molar-refractivity contribution is 0.196. The Kier molecular flexibility index (Phi) is 5.20. The molecule has 0 radical (unpaired) electrons. The number of aromatic nitrogens is 2. The fourth-order valence-corrected chi connectivity index (χ4v) is 3.08. The van der Waals surface area contributed by atoms with Crippen molar-refractivity contribution < 1.29 is 9.21 Å². The highest BCUT2D eigenvalue weighted by Crippen LogP contribution is 2.21. The molecule has 0 aliphatic carbocycles. The Bertz CT molecular complexity index is 657. The van der Waals surface area contributed by atoms with Gasteiger partial charge in [-0.1, -0.05) is 6.92 Å². The average molecular weight is 331 g/mol. The van der Waals surface area contributed by atoms with Crippen molar-refractivity contribution in [2.24, 2.45) is 7.05 Å². The maximum Gasteiger partial charge on any atom is 0.320 e. The van der Waals surface area contributed by atoms with Gasteiger partial charge in [0.25, 0.3) is 0 Å². The number of hydrogen-bond donors (Lipinski definition) is 2. The zero-order chi connectivity index (χ0) is 16.9. The predicted octanol–water partition coefficient (Wildman–Crippen LogP) is 2.68. The van der Waals surface area contributed by atoms with Crippen molar-refractivity contribution >= 4 is 11.8 Å². The van der Waals surface area contributed by atoms with E-state index < -0.39 is 0 Å². The molecular formula is C17H25N5O2. The van der Waals surface area contributed by atoms with Crippen LogP contribution >= 0.6 is 0 Å². The first kappa shape index (κ1) is 16.6. The minimum atomic E-state index is -0.182. The van der Waals surface area contributed by atoms with Gasteiger partial charge < -0.3 is 14.6 Å². The van der Waals surface area contributed by atoms with Gasteiger partial charge in [0.15, 0.2) is 5.76 Å². The number of rotatable bonds is 5. The van der Waals surface area contributed by atoms with Crippen LogP contribution in [0.1, 0.15) is 26.2 Å². The molecule has 0 saturated carbocycles. The van der Waals surface area contributed by atoms with E-state index in [9.17, 15) is 4.79 Å². The summed E-state index contributed by atoms with van der Waals surface area (Å²) in [6, 6.07) is 5.52. The lowest BCUT2D eigenvalue weighted by Gasteiger charge is -2.32. The fourth-order valence-electron chi connectivity index (χ4n) is 3.08. The largest absolute Gasteiger partial charge is 0.463 e. The molecule has 130 valence electrons. The first-order valence-corrected chi connectivity index (χ1v) is 8.53. The summed E-state index contributed by atoms with van der Waals surface area (Å²) in [5.41, 5.74) is 0.700. The van der Waals surface area contributed by atoms with Crippen LogP contribution in [0.2, 0.25) is 0 Å². The number of piperidine rings is 1. The Hall–Kier alpha value is -2.28. The van der Waals surface area contributed by atoms with Crippen LogP contribution in [0.25, 0.3) is 11.5 Å². The van der Waals surface area contributed by atoms with E-state index >= 15 is 0 Å². The molecule has 2 amide bonds. The lowest BCUT2D eigenvalue weighted by Crippen LogP contribution is -2.46. The van der Waals surface area contributed by atoms with Crippen LogP contribution in [0.5, 0.6) is 0 Å². The maximum absolute atomic E-state index is 12.2. The third-order valence-electron chi connectivity index (χ3n) is 4.36. The second kappa shape index (κ2) is 7.53. The van der Waals surface area contributed by atoms with E-state index in [-0.39, 0.29) is 12.1 Å². The zero-order valence-corrected chi connectivity index (χ0v) is 14.3. The summed E-state index contributed by atoms with van der Waals surface area (Å²) in [6.07, 6.45) is 4.78. The van der Waals surface area contributed by atoms with Crippen molar-refractivity contribution in [2.45, 2.75) is 32.2 Å². The van der Waals surface area contributed by atoms with Crippen molar-refractivity contribution in [3.63, 3.8) is 0 Å². The molecule has 1 saturated heterocycles. The minimum absolute atomic E-state index is 0.182. The molecule has 0 atom stereocenters. The van der Waals surface area contributed by atoms with E-state index in [1.807, 2.05) is 18.2 Å². The molecule has 0 bridgehead atoms. The SMILES string of the molecule is CCCN1CCC(NC(=O)Nc2cc(-c3ccco3)nn2C)CC1. The van der Waals surface area contributed by atoms with Crippen LogP contribution in [0.3, 0.4) is 0 Å². The summed E-state index contributed by atoms with van der Waals surface area (Å²) in [6.45, 7) is 5.44. The zero-order valence-electron chi connectivity index (χ0n) is 14.3. The van der Waals surface area contributed by atoms with Gasteiger partial charge in [-0.3, -0.25) is 10.00 Å². The van der Waals surface area contributed by atoms with Crippen molar-refractivity contribution in [2.75, 3.05) is 25.0 Å². The summed E-state index contributed by atoms with van der Waals surface area (Å²) in [5.74, 6) is 1.32. The molecule has 2 aromatic rings.